The maximum atomic E-state index is 12.0. The summed E-state index contributed by atoms with van der Waals surface area (Å²) >= 11 is 1.30. The zero-order valence-electron chi connectivity index (χ0n) is 16.0. The molecule has 1 N–H and O–H groups in total. The third kappa shape index (κ3) is 5.79. The molecule has 0 bridgehead atoms. The predicted molar refractivity (Wildman–Crippen MR) is 110 cm³/mol. The van der Waals surface area contributed by atoms with Gasteiger partial charge in [-0.1, -0.05) is 42.0 Å². The summed E-state index contributed by atoms with van der Waals surface area (Å²) in [5, 5.41) is 4.91. The minimum atomic E-state index is -0.662. The second-order valence-electron chi connectivity index (χ2n) is 6.05. The number of amides is 1. The van der Waals surface area contributed by atoms with E-state index in [0.717, 1.165) is 16.8 Å². The molecule has 0 saturated heterocycles. The molecule has 3 aromatic rings. The predicted octanol–water partition coefficient (Wildman–Crippen LogP) is 3.69. The number of methoxy groups -OCH3 is 1. The number of ether oxygens (including phenoxy) is 3. The molecule has 2 aromatic carbocycles. The van der Waals surface area contributed by atoms with Crippen molar-refractivity contribution in [2.24, 2.45) is 0 Å². The highest BCUT2D eigenvalue weighted by Crippen LogP contribution is 2.26. The van der Waals surface area contributed by atoms with Crippen LogP contribution in [0.25, 0.3) is 11.3 Å². The zero-order chi connectivity index (χ0) is 20.6. The molecule has 0 unspecified atom stereocenters. The first-order valence-electron chi connectivity index (χ1n) is 8.79. The van der Waals surface area contributed by atoms with E-state index in [4.69, 9.17) is 14.2 Å². The van der Waals surface area contributed by atoms with Gasteiger partial charge in [0.1, 0.15) is 0 Å². The SMILES string of the molecule is COc1ccccc1OCC(=O)OCC(=O)Nc1nc(-c2ccc(C)cc2)cs1. The molecule has 1 amide bonds. The lowest BCUT2D eigenvalue weighted by Gasteiger charge is -2.09. The Kier molecular flexibility index (Phi) is 6.80. The quantitative estimate of drug-likeness (QED) is 0.568. The van der Waals surface area contributed by atoms with E-state index in [1.807, 2.05) is 36.6 Å². The van der Waals surface area contributed by atoms with Gasteiger partial charge in [0.2, 0.25) is 0 Å². The Hall–Kier alpha value is -3.39. The number of aromatic nitrogens is 1. The number of carbonyl (C=O) groups is 2. The number of esters is 1. The van der Waals surface area contributed by atoms with Gasteiger partial charge in [0.05, 0.1) is 12.8 Å². The summed E-state index contributed by atoms with van der Waals surface area (Å²) in [5.74, 6) is -0.208. The molecule has 0 aliphatic rings. The second kappa shape index (κ2) is 9.70. The van der Waals surface area contributed by atoms with Crippen molar-refractivity contribution >= 4 is 28.3 Å². The number of thiazole rings is 1. The molecule has 0 fully saturated rings. The molecule has 29 heavy (non-hydrogen) atoms. The minimum absolute atomic E-state index is 0.331. The molecule has 3 rings (SSSR count). The number of hydrogen-bond acceptors (Lipinski definition) is 7. The van der Waals surface area contributed by atoms with Crippen LogP contribution in [0, 0.1) is 6.92 Å². The van der Waals surface area contributed by atoms with Gasteiger partial charge in [-0.3, -0.25) is 10.1 Å². The molecular formula is C21H20N2O5S. The van der Waals surface area contributed by atoms with E-state index < -0.39 is 18.5 Å². The number of nitrogens with one attached hydrogen (secondary N) is 1. The van der Waals surface area contributed by atoms with Gasteiger partial charge in [0, 0.05) is 10.9 Å². The maximum absolute atomic E-state index is 12.0. The fourth-order valence-corrected chi connectivity index (χ4v) is 3.14. The molecule has 8 heteroatoms. The fraction of sp³-hybridized carbons (Fsp3) is 0.190. The Balaban J connectivity index is 1.45. The van der Waals surface area contributed by atoms with Crippen LogP contribution in [-0.2, 0) is 14.3 Å². The van der Waals surface area contributed by atoms with E-state index in [0.29, 0.717) is 16.6 Å². The number of benzene rings is 2. The Morgan fingerprint density at radius 2 is 1.76 bits per heavy atom. The Bertz CT molecular complexity index is 985. The molecule has 0 atom stereocenters. The number of nitrogens with zero attached hydrogens (tertiary/aromatic N) is 1. The molecule has 0 radical (unpaired) electrons. The van der Waals surface area contributed by atoms with E-state index in [1.54, 1.807) is 24.3 Å². The van der Waals surface area contributed by atoms with Crippen molar-refractivity contribution < 1.29 is 23.8 Å². The number of para-hydroxylation sites is 2. The molecule has 150 valence electrons. The molecule has 0 aliphatic heterocycles. The van der Waals surface area contributed by atoms with Gasteiger partial charge in [0.15, 0.2) is 29.8 Å². The van der Waals surface area contributed by atoms with Crippen LogP contribution in [0.4, 0.5) is 5.13 Å². The van der Waals surface area contributed by atoms with Gasteiger partial charge in [-0.05, 0) is 19.1 Å². The second-order valence-corrected chi connectivity index (χ2v) is 6.91. The van der Waals surface area contributed by atoms with Gasteiger partial charge < -0.3 is 14.2 Å². The van der Waals surface area contributed by atoms with Crippen LogP contribution >= 0.6 is 11.3 Å². The van der Waals surface area contributed by atoms with Gasteiger partial charge in [-0.15, -0.1) is 11.3 Å². The normalized spacial score (nSPS) is 10.3. The lowest BCUT2D eigenvalue weighted by atomic mass is 10.1. The van der Waals surface area contributed by atoms with Crippen molar-refractivity contribution in [2.45, 2.75) is 6.92 Å². The number of carbonyl (C=O) groups excluding carboxylic acids is 2. The molecule has 1 aromatic heterocycles. The number of rotatable bonds is 8. The summed E-state index contributed by atoms with van der Waals surface area (Å²) < 4.78 is 15.4. The van der Waals surface area contributed by atoms with Crippen molar-refractivity contribution in [3.63, 3.8) is 0 Å². The molecule has 0 saturated carbocycles. The fourth-order valence-electron chi connectivity index (χ4n) is 2.41. The highest BCUT2D eigenvalue weighted by molar-refractivity contribution is 7.14. The first-order chi connectivity index (χ1) is 14.0. The Morgan fingerprint density at radius 3 is 2.48 bits per heavy atom. The van der Waals surface area contributed by atoms with Crippen LogP contribution in [-0.4, -0.2) is 37.2 Å². The van der Waals surface area contributed by atoms with E-state index in [2.05, 4.69) is 10.3 Å². The van der Waals surface area contributed by atoms with Crippen LogP contribution in [0.5, 0.6) is 11.5 Å². The smallest absolute Gasteiger partial charge is 0.344 e. The van der Waals surface area contributed by atoms with E-state index in [-0.39, 0.29) is 6.61 Å². The number of aryl methyl sites for hydroxylation is 1. The summed E-state index contributed by atoms with van der Waals surface area (Å²) in [6.45, 7) is 1.26. The van der Waals surface area contributed by atoms with Crippen molar-refractivity contribution in [1.29, 1.82) is 0 Å². The van der Waals surface area contributed by atoms with Crippen LogP contribution in [0.1, 0.15) is 5.56 Å². The van der Waals surface area contributed by atoms with Crippen LogP contribution in [0.3, 0.4) is 0 Å². The van der Waals surface area contributed by atoms with Gasteiger partial charge in [0.25, 0.3) is 5.91 Å². The van der Waals surface area contributed by atoms with Gasteiger partial charge >= 0.3 is 5.97 Å². The standard InChI is InChI=1S/C21H20N2O5S/c1-14-7-9-15(10-8-14)16-13-29-21(22-16)23-19(24)11-28-20(25)12-27-18-6-4-3-5-17(18)26-2/h3-10,13H,11-12H2,1-2H3,(H,22,23,24). The van der Waals surface area contributed by atoms with E-state index >= 15 is 0 Å². The highest BCUT2D eigenvalue weighted by Gasteiger charge is 2.12. The average molecular weight is 412 g/mol. The highest BCUT2D eigenvalue weighted by atomic mass is 32.1. The monoisotopic (exact) mass is 412 g/mol. The van der Waals surface area contributed by atoms with Crippen molar-refractivity contribution in [3.8, 4) is 22.8 Å². The summed E-state index contributed by atoms with van der Waals surface area (Å²) in [5.41, 5.74) is 2.90. The van der Waals surface area contributed by atoms with Crippen molar-refractivity contribution in [3.05, 3.63) is 59.5 Å². The molecule has 0 aliphatic carbocycles. The van der Waals surface area contributed by atoms with Crippen molar-refractivity contribution in [2.75, 3.05) is 25.6 Å². The molecule has 1 heterocycles. The van der Waals surface area contributed by atoms with Crippen LogP contribution < -0.4 is 14.8 Å². The summed E-state index contributed by atoms with van der Waals surface area (Å²) in [6.07, 6.45) is 0. The summed E-state index contributed by atoms with van der Waals surface area (Å²) in [6, 6.07) is 14.9. The molecular weight excluding hydrogens is 392 g/mol. The summed E-state index contributed by atoms with van der Waals surface area (Å²) in [4.78, 5) is 28.2. The topological polar surface area (TPSA) is 86.8 Å². The maximum Gasteiger partial charge on any atom is 0.344 e. The summed E-state index contributed by atoms with van der Waals surface area (Å²) in [7, 11) is 1.51. The van der Waals surface area contributed by atoms with Gasteiger partial charge in [-0.25, -0.2) is 9.78 Å². The molecule has 0 spiro atoms. The first-order valence-corrected chi connectivity index (χ1v) is 9.67. The van der Waals surface area contributed by atoms with Crippen LogP contribution in [0.15, 0.2) is 53.9 Å². The first kappa shape index (κ1) is 20.3. The molecule has 7 nitrogen and oxygen atoms in total. The number of anilines is 1. The van der Waals surface area contributed by atoms with E-state index in [1.165, 1.54) is 18.4 Å². The van der Waals surface area contributed by atoms with E-state index in [9.17, 15) is 9.59 Å². The third-order valence-corrected chi connectivity index (χ3v) is 4.63. The Morgan fingerprint density at radius 1 is 1.03 bits per heavy atom. The zero-order valence-corrected chi connectivity index (χ0v) is 16.8. The van der Waals surface area contributed by atoms with Crippen molar-refractivity contribution in [1.82, 2.24) is 4.98 Å². The number of hydrogen-bond donors (Lipinski definition) is 1. The largest absolute Gasteiger partial charge is 0.493 e. The lowest BCUT2D eigenvalue weighted by molar-refractivity contribution is -0.149. The lowest BCUT2D eigenvalue weighted by Crippen LogP contribution is -2.23. The Labute approximate surface area is 172 Å². The van der Waals surface area contributed by atoms with Gasteiger partial charge in [-0.2, -0.15) is 0 Å². The minimum Gasteiger partial charge on any atom is -0.493 e. The average Bonchev–Trinajstić information content (AvgIpc) is 3.19. The van der Waals surface area contributed by atoms with Crippen LogP contribution in [0.2, 0.25) is 0 Å². The third-order valence-electron chi connectivity index (χ3n) is 3.88.